The molecule has 0 radical (unpaired) electrons. The minimum atomic E-state index is -0.333. The molecule has 0 aliphatic rings. The van der Waals surface area contributed by atoms with Gasteiger partial charge in [0.15, 0.2) is 0 Å². The van der Waals surface area contributed by atoms with Gasteiger partial charge >= 0.3 is 0 Å². The van der Waals surface area contributed by atoms with E-state index in [1.54, 1.807) is 12.1 Å². The highest BCUT2D eigenvalue weighted by molar-refractivity contribution is 9.10. The molecule has 2 rings (SSSR count). The van der Waals surface area contributed by atoms with Gasteiger partial charge in [-0.25, -0.2) is 4.39 Å². The van der Waals surface area contributed by atoms with Crippen LogP contribution in [0.5, 0.6) is 0 Å². The summed E-state index contributed by atoms with van der Waals surface area (Å²) in [6, 6.07) is 10.3. The number of hydrogen-bond donors (Lipinski definition) is 2. The van der Waals surface area contributed by atoms with Gasteiger partial charge in [0.1, 0.15) is 10.8 Å². The van der Waals surface area contributed by atoms with Crippen molar-refractivity contribution in [1.82, 2.24) is 0 Å². The molecule has 0 unspecified atom stereocenters. The molecule has 2 nitrogen and oxygen atoms in total. The first-order valence-electron chi connectivity index (χ1n) is 5.60. The van der Waals surface area contributed by atoms with Crippen molar-refractivity contribution < 1.29 is 4.39 Å². The number of nitrogens with two attached hydrogens (primary N) is 1. The third-order valence-corrected chi connectivity index (χ3v) is 3.44. The van der Waals surface area contributed by atoms with Crippen LogP contribution >= 0.6 is 28.1 Å². The van der Waals surface area contributed by atoms with Crippen molar-refractivity contribution in [1.29, 1.82) is 0 Å². The molecular weight excluding hydrogens is 327 g/mol. The zero-order valence-electron chi connectivity index (χ0n) is 10.2. The molecule has 0 aliphatic carbocycles. The van der Waals surface area contributed by atoms with Crippen molar-refractivity contribution in [3.63, 3.8) is 0 Å². The third kappa shape index (κ3) is 3.11. The highest BCUT2D eigenvalue weighted by Crippen LogP contribution is 2.28. The lowest BCUT2D eigenvalue weighted by Crippen LogP contribution is -2.13. The predicted molar refractivity (Wildman–Crippen MR) is 84.4 cm³/mol. The van der Waals surface area contributed by atoms with Crippen LogP contribution in [0.25, 0.3) is 0 Å². The maximum Gasteiger partial charge on any atom is 0.146 e. The van der Waals surface area contributed by atoms with Crippen molar-refractivity contribution in [3.05, 3.63) is 57.8 Å². The Balaban J connectivity index is 2.49. The summed E-state index contributed by atoms with van der Waals surface area (Å²) in [5.41, 5.74) is 8.45. The molecule has 0 heterocycles. The van der Waals surface area contributed by atoms with Gasteiger partial charge in [-0.3, -0.25) is 0 Å². The molecule has 0 aromatic heterocycles. The summed E-state index contributed by atoms with van der Waals surface area (Å²) in [7, 11) is 0. The molecule has 98 valence electrons. The Morgan fingerprint density at radius 1 is 1.32 bits per heavy atom. The van der Waals surface area contributed by atoms with Crippen molar-refractivity contribution in [2.75, 3.05) is 5.32 Å². The summed E-state index contributed by atoms with van der Waals surface area (Å²) in [6.07, 6.45) is 0. The van der Waals surface area contributed by atoms with E-state index in [1.807, 2.05) is 25.1 Å². The van der Waals surface area contributed by atoms with Crippen LogP contribution in [-0.4, -0.2) is 4.99 Å². The number of nitrogens with one attached hydrogen (secondary N) is 1. The van der Waals surface area contributed by atoms with Gasteiger partial charge in [0.05, 0.1) is 11.4 Å². The van der Waals surface area contributed by atoms with Crippen LogP contribution in [0.3, 0.4) is 0 Å². The molecule has 0 saturated heterocycles. The van der Waals surface area contributed by atoms with Gasteiger partial charge < -0.3 is 11.1 Å². The molecule has 0 aliphatic heterocycles. The number of hydrogen-bond acceptors (Lipinski definition) is 2. The Morgan fingerprint density at radius 3 is 2.74 bits per heavy atom. The topological polar surface area (TPSA) is 38.0 Å². The molecule has 19 heavy (non-hydrogen) atoms. The van der Waals surface area contributed by atoms with Gasteiger partial charge in [-0.2, -0.15) is 0 Å². The number of thiocarbonyl (C=S) groups is 1. The Labute approximate surface area is 124 Å². The van der Waals surface area contributed by atoms with Crippen LogP contribution in [0, 0.1) is 12.7 Å². The van der Waals surface area contributed by atoms with Crippen LogP contribution in [0.2, 0.25) is 0 Å². The first-order valence-corrected chi connectivity index (χ1v) is 6.80. The zero-order chi connectivity index (χ0) is 14.0. The number of halogens is 2. The number of benzene rings is 2. The molecule has 0 atom stereocenters. The van der Waals surface area contributed by atoms with Gasteiger partial charge in [-0.1, -0.05) is 40.3 Å². The molecule has 0 bridgehead atoms. The molecule has 0 saturated carbocycles. The number of anilines is 2. The van der Waals surface area contributed by atoms with Crippen LogP contribution in [0.1, 0.15) is 11.1 Å². The molecule has 0 spiro atoms. The lowest BCUT2D eigenvalue weighted by molar-refractivity contribution is 0.631. The van der Waals surface area contributed by atoms with Crippen LogP contribution in [-0.2, 0) is 0 Å². The summed E-state index contributed by atoms with van der Waals surface area (Å²) in [5, 5.41) is 3.06. The highest BCUT2D eigenvalue weighted by Gasteiger charge is 2.10. The lowest BCUT2D eigenvalue weighted by Gasteiger charge is -2.15. The van der Waals surface area contributed by atoms with Crippen molar-refractivity contribution in [2.24, 2.45) is 5.73 Å². The van der Waals surface area contributed by atoms with Gasteiger partial charge in [0, 0.05) is 10.0 Å². The predicted octanol–water partition coefficient (Wildman–Crippen LogP) is 4.27. The standard InChI is InChI=1S/C14H12BrFN2S/c1-8-3-2-4-10(14(17)19)13(8)18-12-7-9(15)5-6-11(12)16/h2-7,18H,1H3,(H2,17,19). The average molecular weight is 339 g/mol. The monoisotopic (exact) mass is 338 g/mol. The minimum Gasteiger partial charge on any atom is -0.389 e. The second kappa shape index (κ2) is 5.67. The van der Waals surface area contributed by atoms with Crippen molar-refractivity contribution >= 4 is 44.5 Å². The second-order valence-electron chi connectivity index (χ2n) is 4.11. The van der Waals surface area contributed by atoms with Gasteiger partial charge in [-0.05, 0) is 36.8 Å². The smallest absolute Gasteiger partial charge is 0.146 e. The molecule has 2 aromatic rings. The van der Waals surface area contributed by atoms with Crippen molar-refractivity contribution in [3.8, 4) is 0 Å². The normalized spacial score (nSPS) is 10.3. The van der Waals surface area contributed by atoms with Gasteiger partial charge in [0.25, 0.3) is 0 Å². The minimum absolute atomic E-state index is 0.279. The van der Waals surface area contributed by atoms with Crippen molar-refractivity contribution in [2.45, 2.75) is 6.92 Å². The van der Waals surface area contributed by atoms with Crippen LogP contribution in [0.4, 0.5) is 15.8 Å². The SMILES string of the molecule is Cc1cccc(C(N)=S)c1Nc1cc(Br)ccc1F. The molecular formula is C14H12BrFN2S. The number of para-hydroxylation sites is 1. The van der Waals surface area contributed by atoms with E-state index in [1.165, 1.54) is 6.07 Å². The fourth-order valence-corrected chi connectivity index (χ4v) is 2.30. The average Bonchev–Trinajstić information content (AvgIpc) is 2.35. The first-order chi connectivity index (χ1) is 8.99. The molecule has 0 fully saturated rings. The maximum atomic E-state index is 13.8. The fraction of sp³-hybridized carbons (Fsp3) is 0.0714. The summed E-state index contributed by atoms with van der Waals surface area (Å²) < 4.78 is 14.6. The summed E-state index contributed by atoms with van der Waals surface area (Å²) in [4.78, 5) is 0.279. The third-order valence-electron chi connectivity index (χ3n) is 2.73. The fourth-order valence-electron chi connectivity index (χ4n) is 1.77. The quantitative estimate of drug-likeness (QED) is 0.820. The van der Waals surface area contributed by atoms with E-state index in [4.69, 9.17) is 18.0 Å². The summed E-state index contributed by atoms with van der Waals surface area (Å²) in [6.45, 7) is 1.92. The summed E-state index contributed by atoms with van der Waals surface area (Å²) in [5.74, 6) is -0.333. The van der Waals surface area contributed by atoms with E-state index in [0.29, 0.717) is 11.3 Å². The van der Waals surface area contributed by atoms with Crippen LogP contribution in [0.15, 0.2) is 40.9 Å². The second-order valence-corrected chi connectivity index (χ2v) is 5.47. The van der Waals surface area contributed by atoms with Gasteiger partial charge in [-0.15, -0.1) is 0 Å². The van der Waals surface area contributed by atoms with E-state index in [9.17, 15) is 4.39 Å². The lowest BCUT2D eigenvalue weighted by atomic mass is 10.1. The Kier molecular flexibility index (Phi) is 4.17. The van der Waals surface area contributed by atoms with E-state index in [0.717, 1.165) is 15.7 Å². The first kappa shape index (κ1) is 14.0. The number of rotatable bonds is 3. The van der Waals surface area contributed by atoms with E-state index >= 15 is 0 Å². The molecule has 3 N–H and O–H groups in total. The Hall–Kier alpha value is -1.46. The zero-order valence-corrected chi connectivity index (χ0v) is 12.6. The highest BCUT2D eigenvalue weighted by atomic mass is 79.9. The maximum absolute atomic E-state index is 13.8. The molecule has 0 amide bonds. The molecule has 5 heteroatoms. The van der Waals surface area contributed by atoms with E-state index in [-0.39, 0.29) is 10.8 Å². The summed E-state index contributed by atoms with van der Waals surface area (Å²) >= 11 is 8.34. The number of aryl methyl sites for hydroxylation is 1. The largest absolute Gasteiger partial charge is 0.389 e. The molecule has 2 aromatic carbocycles. The van der Waals surface area contributed by atoms with E-state index in [2.05, 4.69) is 21.2 Å². The van der Waals surface area contributed by atoms with Gasteiger partial charge in [0.2, 0.25) is 0 Å². The Morgan fingerprint density at radius 2 is 2.05 bits per heavy atom. The van der Waals surface area contributed by atoms with Crippen LogP contribution < -0.4 is 11.1 Å². The Bertz CT molecular complexity index is 643. The van der Waals surface area contributed by atoms with E-state index < -0.39 is 0 Å².